The molecule has 4 aliphatic heterocycles. The summed E-state index contributed by atoms with van der Waals surface area (Å²) in [5, 5.41) is 12.1. The lowest BCUT2D eigenvalue weighted by Crippen LogP contribution is -2.56. The van der Waals surface area contributed by atoms with Crippen LogP contribution in [0.3, 0.4) is 0 Å². The largest absolute Gasteiger partial charge is 0.389 e. The number of rotatable bonds is 9. The minimum Gasteiger partial charge on any atom is -0.379 e. The summed E-state index contributed by atoms with van der Waals surface area (Å²) in [7, 11) is 0. The number of amides is 2. The fourth-order valence-electron chi connectivity index (χ4n) is 7.47. The first kappa shape index (κ1) is 31.7. The Hall–Kier alpha value is -3.92. The Morgan fingerprint density at radius 2 is 1.74 bits per heavy atom. The zero-order valence-corrected chi connectivity index (χ0v) is 26.3. The van der Waals surface area contributed by atoms with Gasteiger partial charge in [0.15, 0.2) is 5.65 Å². The van der Waals surface area contributed by atoms with E-state index in [2.05, 4.69) is 25.3 Å². The van der Waals surface area contributed by atoms with E-state index in [1.54, 1.807) is 32.7 Å². The van der Waals surface area contributed by atoms with Crippen LogP contribution in [0.5, 0.6) is 0 Å². The third kappa shape index (κ3) is 7.32. The minimum absolute atomic E-state index is 0.0519. The molecule has 13 nitrogen and oxygen atoms in total. The Balaban J connectivity index is 0.936. The van der Waals surface area contributed by atoms with Crippen molar-refractivity contribution in [3.8, 4) is 0 Å². The molecular weight excluding hydrogens is 617 g/mol. The Kier molecular flexibility index (Phi) is 8.96. The number of hydrogen-bond donors (Lipinski definition) is 1. The van der Waals surface area contributed by atoms with Gasteiger partial charge in [0.2, 0.25) is 17.8 Å². The van der Waals surface area contributed by atoms with Crippen LogP contribution in [0.25, 0.3) is 5.65 Å². The second-order valence-electron chi connectivity index (χ2n) is 13.1. The van der Waals surface area contributed by atoms with Crippen molar-refractivity contribution < 1.29 is 27.5 Å². The molecular formula is C31H41F3N10O3. The summed E-state index contributed by atoms with van der Waals surface area (Å²) in [5.41, 5.74) is 2.14. The number of aromatic nitrogens is 5. The molecule has 2 atom stereocenters. The first-order chi connectivity index (χ1) is 22.7. The van der Waals surface area contributed by atoms with Crippen molar-refractivity contribution in [2.24, 2.45) is 5.92 Å². The number of carbonyl (C=O) groups is 2. The first-order valence-corrected chi connectivity index (χ1v) is 16.5. The molecule has 2 unspecified atom stereocenters. The predicted octanol–water partition coefficient (Wildman–Crippen LogP) is 2.76. The van der Waals surface area contributed by atoms with Crippen LogP contribution in [0.2, 0.25) is 0 Å². The SMILES string of the molecule is O=C(Cn1cc(Nc2nc3c(N4CC5CCC(C4)N5C(=O)CCC(F)(F)F)cccn3n2)cn1)N1CCC(CN2CCOCC2)CC1. The normalized spacial score (nSPS) is 22.7. The van der Waals surface area contributed by atoms with E-state index in [0.717, 1.165) is 77.3 Å². The van der Waals surface area contributed by atoms with E-state index in [9.17, 15) is 22.8 Å². The smallest absolute Gasteiger partial charge is 0.379 e. The zero-order chi connectivity index (χ0) is 32.5. The van der Waals surface area contributed by atoms with Crippen LogP contribution in [0.15, 0.2) is 30.7 Å². The molecule has 1 N–H and O–H groups in total. The number of piperazine rings is 1. The van der Waals surface area contributed by atoms with Crippen LogP contribution in [0.1, 0.15) is 38.5 Å². The highest BCUT2D eigenvalue weighted by atomic mass is 19.4. The van der Waals surface area contributed by atoms with Gasteiger partial charge in [-0.25, -0.2) is 4.52 Å². The minimum atomic E-state index is -4.34. The van der Waals surface area contributed by atoms with Gasteiger partial charge in [0.05, 0.1) is 37.2 Å². The average molecular weight is 659 g/mol. The molecule has 0 aliphatic carbocycles. The van der Waals surface area contributed by atoms with E-state index >= 15 is 0 Å². The summed E-state index contributed by atoms with van der Waals surface area (Å²) in [6.45, 7) is 7.38. The van der Waals surface area contributed by atoms with Crippen LogP contribution in [-0.2, 0) is 20.9 Å². The number of fused-ring (bicyclic) bond motifs is 3. The molecule has 0 aromatic carbocycles. The fraction of sp³-hybridized carbons (Fsp3) is 0.645. The van der Waals surface area contributed by atoms with E-state index in [-0.39, 0.29) is 24.5 Å². The third-order valence-corrected chi connectivity index (χ3v) is 9.85. The van der Waals surface area contributed by atoms with Gasteiger partial charge in [-0.2, -0.15) is 23.3 Å². The number of piperidine rings is 1. The number of ether oxygens (including phenoxy) is 1. The Bertz CT molecular complexity index is 1550. The maximum absolute atomic E-state index is 13.0. The van der Waals surface area contributed by atoms with Crippen molar-refractivity contribution >= 4 is 34.8 Å². The van der Waals surface area contributed by atoms with E-state index < -0.39 is 24.9 Å². The summed E-state index contributed by atoms with van der Waals surface area (Å²) in [6, 6.07) is 3.55. The summed E-state index contributed by atoms with van der Waals surface area (Å²) < 4.78 is 46.9. The van der Waals surface area contributed by atoms with Crippen molar-refractivity contribution in [2.75, 3.05) is 69.2 Å². The van der Waals surface area contributed by atoms with Crippen molar-refractivity contribution in [1.29, 1.82) is 0 Å². The van der Waals surface area contributed by atoms with E-state index in [1.807, 2.05) is 17.0 Å². The van der Waals surface area contributed by atoms with Crippen LogP contribution in [-0.4, -0.2) is 128 Å². The van der Waals surface area contributed by atoms with E-state index in [4.69, 9.17) is 9.72 Å². The molecule has 3 aromatic rings. The van der Waals surface area contributed by atoms with Crippen molar-refractivity contribution in [1.82, 2.24) is 39.1 Å². The summed E-state index contributed by atoms with van der Waals surface area (Å²) in [4.78, 5) is 38.7. The highest BCUT2D eigenvalue weighted by Crippen LogP contribution is 2.35. The number of anilines is 3. The molecule has 0 radical (unpaired) electrons. The maximum atomic E-state index is 13.0. The number of nitrogens with zero attached hydrogens (tertiary/aromatic N) is 9. The standard InChI is InChI=1S/C31H41F3N10O3/c32-31(33,34)8-5-27(45)44-24-3-4-25(44)20-41(19-24)26-2-1-9-43-29(26)37-30(38-43)36-23-16-35-42(18-23)21-28(46)40-10-6-22(7-11-40)17-39-12-14-47-15-13-39/h1-2,9,16,18,22,24-25H,3-8,10-15,17,19-21H2,(H,36,38). The summed E-state index contributed by atoms with van der Waals surface area (Å²) in [5.74, 6) is 0.607. The van der Waals surface area contributed by atoms with Crippen LogP contribution >= 0.6 is 0 Å². The number of morpholine rings is 1. The monoisotopic (exact) mass is 658 g/mol. The molecule has 4 aliphatic rings. The van der Waals surface area contributed by atoms with Gasteiger partial charge in [0.25, 0.3) is 0 Å². The lowest BCUT2D eigenvalue weighted by atomic mass is 9.96. The second kappa shape index (κ2) is 13.3. The highest BCUT2D eigenvalue weighted by molar-refractivity contribution is 5.79. The van der Waals surface area contributed by atoms with Crippen LogP contribution in [0.4, 0.5) is 30.5 Å². The number of pyridine rings is 1. The van der Waals surface area contributed by atoms with Gasteiger partial charge in [-0.15, -0.1) is 5.10 Å². The number of hydrogen-bond acceptors (Lipinski definition) is 9. The highest BCUT2D eigenvalue weighted by Gasteiger charge is 2.43. The van der Waals surface area contributed by atoms with E-state index in [0.29, 0.717) is 36.3 Å². The number of halogens is 3. The molecule has 7 heterocycles. The molecule has 47 heavy (non-hydrogen) atoms. The molecule has 2 amide bonds. The van der Waals surface area contributed by atoms with Crippen LogP contribution < -0.4 is 10.2 Å². The predicted molar refractivity (Wildman–Crippen MR) is 166 cm³/mol. The van der Waals surface area contributed by atoms with Gasteiger partial charge in [0.1, 0.15) is 6.54 Å². The first-order valence-electron chi connectivity index (χ1n) is 16.5. The zero-order valence-electron chi connectivity index (χ0n) is 26.3. The third-order valence-electron chi connectivity index (χ3n) is 9.85. The van der Waals surface area contributed by atoms with Gasteiger partial charge in [-0.1, -0.05) is 0 Å². The van der Waals surface area contributed by atoms with Gasteiger partial charge >= 0.3 is 6.18 Å². The Labute approximate surface area is 270 Å². The molecule has 16 heteroatoms. The lowest BCUT2D eigenvalue weighted by molar-refractivity contribution is -0.151. The van der Waals surface area contributed by atoms with Gasteiger partial charge < -0.3 is 24.8 Å². The average Bonchev–Trinajstić information content (AvgIpc) is 3.75. The van der Waals surface area contributed by atoms with Gasteiger partial charge in [0, 0.05) is 76.7 Å². The molecule has 4 saturated heterocycles. The van der Waals surface area contributed by atoms with Gasteiger partial charge in [-0.05, 0) is 43.7 Å². The maximum Gasteiger partial charge on any atom is 0.389 e. The summed E-state index contributed by atoms with van der Waals surface area (Å²) >= 11 is 0. The summed E-state index contributed by atoms with van der Waals surface area (Å²) in [6.07, 6.45) is 2.81. The van der Waals surface area contributed by atoms with Gasteiger partial charge in [-0.3, -0.25) is 19.2 Å². The molecule has 254 valence electrons. The van der Waals surface area contributed by atoms with Crippen molar-refractivity contribution in [3.05, 3.63) is 30.7 Å². The number of nitrogens with one attached hydrogen (secondary N) is 1. The fourth-order valence-corrected chi connectivity index (χ4v) is 7.47. The van der Waals surface area contributed by atoms with Crippen LogP contribution in [0, 0.1) is 5.92 Å². The lowest BCUT2D eigenvalue weighted by Gasteiger charge is -2.42. The number of alkyl halides is 3. The molecule has 0 spiro atoms. The Morgan fingerprint density at radius 3 is 2.47 bits per heavy atom. The number of carbonyl (C=O) groups excluding carboxylic acids is 2. The second-order valence-corrected chi connectivity index (χ2v) is 13.1. The van der Waals surface area contributed by atoms with E-state index in [1.165, 1.54) is 0 Å². The molecule has 3 aromatic heterocycles. The Morgan fingerprint density at radius 1 is 1.00 bits per heavy atom. The molecule has 7 rings (SSSR count). The molecule has 0 saturated carbocycles. The molecule has 4 fully saturated rings. The van der Waals surface area contributed by atoms with Crippen molar-refractivity contribution in [3.63, 3.8) is 0 Å². The topological polar surface area (TPSA) is 116 Å². The van der Waals surface area contributed by atoms with Crippen molar-refractivity contribution in [2.45, 2.75) is 63.3 Å². The quantitative estimate of drug-likeness (QED) is 0.371. The number of likely N-dealkylation sites (tertiary alicyclic amines) is 1. The molecule has 2 bridgehead atoms.